The van der Waals surface area contributed by atoms with Crippen molar-refractivity contribution in [1.82, 2.24) is 9.97 Å². The summed E-state index contributed by atoms with van der Waals surface area (Å²) in [6, 6.07) is 17.3. The average molecular weight is 265 g/mol. The molecule has 1 heterocycles. The van der Waals surface area contributed by atoms with Crippen LogP contribution >= 0.6 is 0 Å². The quantitative estimate of drug-likeness (QED) is 0.761. The summed E-state index contributed by atoms with van der Waals surface area (Å²) in [5.41, 5.74) is 2.71. The molecule has 0 saturated heterocycles. The molecule has 2 N–H and O–H groups in total. The molecule has 2 aromatic carbocycles. The molecule has 0 fully saturated rings. The van der Waals surface area contributed by atoms with E-state index >= 15 is 0 Å². The van der Waals surface area contributed by atoms with Gasteiger partial charge in [0.15, 0.2) is 0 Å². The van der Waals surface area contributed by atoms with E-state index in [9.17, 15) is 5.11 Å². The van der Waals surface area contributed by atoms with Gasteiger partial charge in [-0.2, -0.15) is 0 Å². The van der Waals surface area contributed by atoms with Gasteiger partial charge in [-0.3, -0.25) is 4.98 Å². The van der Waals surface area contributed by atoms with Crippen molar-refractivity contribution in [1.29, 1.82) is 0 Å². The van der Waals surface area contributed by atoms with E-state index in [2.05, 4.69) is 15.3 Å². The molecule has 4 nitrogen and oxygen atoms in total. The van der Waals surface area contributed by atoms with Gasteiger partial charge in [0.2, 0.25) is 0 Å². The number of nitrogens with one attached hydrogen (secondary N) is 1. The highest BCUT2D eigenvalue weighted by Gasteiger charge is 2.10. The van der Waals surface area contributed by atoms with Crippen LogP contribution in [0.2, 0.25) is 0 Å². The van der Waals surface area contributed by atoms with Crippen molar-refractivity contribution in [2.45, 2.75) is 6.04 Å². The van der Waals surface area contributed by atoms with Crippen LogP contribution in [-0.4, -0.2) is 21.7 Å². The zero-order valence-electron chi connectivity index (χ0n) is 10.9. The third-order valence-corrected chi connectivity index (χ3v) is 3.16. The minimum atomic E-state index is -0.188. The highest BCUT2D eigenvalue weighted by molar-refractivity contribution is 5.75. The van der Waals surface area contributed by atoms with Crippen LogP contribution in [-0.2, 0) is 0 Å². The fourth-order valence-corrected chi connectivity index (χ4v) is 2.12. The minimum absolute atomic E-state index is 0.00147. The molecule has 20 heavy (non-hydrogen) atoms. The number of hydrogen-bond donors (Lipinski definition) is 2. The highest BCUT2D eigenvalue weighted by atomic mass is 16.3. The molecule has 4 heteroatoms. The zero-order valence-corrected chi connectivity index (χ0v) is 10.9. The lowest BCUT2D eigenvalue weighted by atomic mass is 10.1. The molecule has 0 aliphatic carbocycles. The van der Waals surface area contributed by atoms with Gasteiger partial charge in [0.25, 0.3) is 0 Å². The van der Waals surface area contributed by atoms with Crippen LogP contribution in [0.25, 0.3) is 11.0 Å². The van der Waals surface area contributed by atoms with Crippen LogP contribution < -0.4 is 5.32 Å². The fourth-order valence-electron chi connectivity index (χ4n) is 2.12. The van der Waals surface area contributed by atoms with Gasteiger partial charge in [0, 0.05) is 0 Å². The smallest absolute Gasteiger partial charge is 0.145 e. The van der Waals surface area contributed by atoms with Gasteiger partial charge in [0.1, 0.15) is 5.82 Å². The van der Waals surface area contributed by atoms with E-state index in [0.717, 1.165) is 16.6 Å². The average Bonchev–Trinajstić information content (AvgIpc) is 2.53. The maximum absolute atomic E-state index is 9.54. The third kappa shape index (κ3) is 2.60. The maximum atomic E-state index is 9.54. The van der Waals surface area contributed by atoms with E-state index in [1.807, 2.05) is 54.6 Å². The van der Waals surface area contributed by atoms with Crippen molar-refractivity contribution >= 4 is 16.9 Å². The standard InChI is InChI=1S/C16H15N3O/c20-11-15(12-6-2-1-3-7-12)19-16-10-17-13-8-4-5-9-14(13)18-16/h1-10,15,20H,11H2,(H,18,19). The summed E-state index contributed by atoms with van der Waals surface area (Å²) in [6.45, 7) is -0.00147. The molecule has 0 bridgehead atoms. The van der Waals surface area contributed by atoms with Crippen molar-refractivity contribution in [3.8, 4) is 0 Å². The number of fused-ring (bicyclic) bond motifs is 1. The van der Waals surface area contributed by atoms with Gasteiger partial charge >= 0.3 is 0 Å². The Morgan fingerprint density at radius 1 is 0.950 bits per heavy atom. The summed E-state index contributed by atoms with van der Waals surface area (Å²) >= 11 is 0. The van der Waals surface area contributed by atoms with Crippen LogP contribution in [0.1, 0.15) is 11.6 Å². The monoisotopic (exact) mass is 265 g/mol. The summed E-state index contributed by atoms with van der Waals surface area (Å²) < 4.78 is 0. The third-order valence-electron chi connectivity index (χ3n) is 3.16. The number of rotatable bonds is 4. The van der Waals surface area contributed by atoms with E-state index < -0.39 is 0 Å². The largest absolute Gasteiger partial charge is 0.394 e. The van der Waals surface area contributed by atoms with Gasteiger partial charge in [0.05, 0.1) is 29.9 Å². The van der Waals surface area contributed by atoms with Crippen LogP contribution in [0.5, 0.6) is 0 Å². The molecular formula is C16H15N3O. The van der Waals surface area contributed by atoms with Gasteiger partial charge in [-0.1, -0.05) is 42.5 Å². The minimum Gasteiger partial charge on any atom is -0.394 e. The molecule has 3 rings (SSSR count). The molecule has 1 aromatic heterocycles. The Hall–Kier alpha value is -2.46. The number of aliphatic hydroxyl groups is 1. The first-order valence-electron chi connectivity index (χ1n) is 6.51. The molecule has 1 atom stereocenters. The molecule has 0 amide bonds. The topological polar surface area (TPSA) is 58.0 Å². The lowest BCUT2D eigenvalue weighted by Gasteiger charge is -2.17. The molecule has 0 saturated carbocycles. The molecule has 0 aliphatic rings. The molecule has 0 aliphatic heterocycles. The number of anilines is 1. The normalized spacial score (nSPS) is 12.2. The van der Waals surface area contributed by atoms with E-state index in [-0.39, 0.29) is 12.6 Å². The van der Waals surface area contributed by atoms with E-state index in [1.54, 1.807) is 6.20 Å². The molecule has 100 valence electrons. The Kier molecular flexibility index (Phi) is 3.56. The molecular weight excluding hydrogens is 250 g/mol. The summed E-state index contributed by atoms with van der Waals surface area (Å²) in [5.74, 6) is 0.659. The van der Waals surface area contributed by atoms with Crippen molar-refractivity contribution in [3.63, 3.8) is 0 Å². The fraction of sp³-hybridized carbons (Fsp3) is 0.125. The lowest BCUT2D eigenvalue weighted by molar-refractivity contribution is 0.276. The maximum Gasteiger partial charge on any atom is 0.145 e. The Balaban J connectivity index is 1.87. The van der Waals surface area contributed by atoms with Crippen LogP contribution in [0.4, 0.5) is 5.82 Å². The van der Waals surface area contributed by atoms with Crippen LogP contribution in [0, 0.1) is 0 Å². The second-order valence-corrected chi connectivity index (χ2v) is 4.53. The van der Waals surface area contributed by atoms with Crippen LogP contribution in [0.15, 0.2) is 60.8 Å². The second kappa shape index (κ2) is 5.67. The lowest BCUT2D eigenvalue weighted by Crippen LogP contribution is -2.15. The van der Waals surface area contributed by atoms with Gasteiger partial charge in [-0.05, 0) is 17.7 Å². The summed E-state index contributed by atoms with van der Waals surface area (Å²) in [7, 11) is 0. The van der Waals surface area contributed by atoms with Crippen LogP contribution in [0.3, 0.4) is 0 Å². The predicted octanol–water partition coefficient (Wildman–Crippen LogP) is 2.78. The van der Waals surface area contributed by atoms with E-state index in [1.165, 1.54) is 0 Å². The Labute approximate surface area is 117 Å². The van der Waals surface area contributed by atoms with Gasteiger partial charge < -0.3 is 10.4 Å². The summed E-state index contributed by atoms with van der Waals surface area (Å²) in [5, 5.41) is 12.8. The van der Waals surface area contributed by atoms with Crippen molar-refractivity contribution in [3.05, 3.63) is 66.4 Å². The van der Waals surface area contributed by atoms with E-state index in [0.29, 0.717) is 5.82 Å². The predicted molar refractivity (Wildman–Crippen MR) is 79.4 cm³/mol. The summed E-state index contributed by atoms with van der Waals surface area (Å²) in [4.78, 5) is 8.86. The first-order valence-corrected chi connectivity index (χ1v) is 6.51. The number of aromatic nitrogens is 2. The number of nitrogens with zero attached hydrogens (tertiary/aromatic N) is 2. The number of aliphatic hydroxyl groups excluding tert-OH is 1. The van der Waals surface area contributed by atoms with Gasteiger partial charge in [-0.15, -0.1) is 0 Å². The van der Waals surface area contributed by atoms with Crippen molar-refractivity contribution < 1.29 is 5.11 Å². The van der Waals surface area contributed by atoms with Gasteiger partial charge in [-0.25, -0.2) is 4.98 Å². The number of para-hydroxylation sites is 2. The molecule has 0 spiro atoms. The summed E-state index contributed by atoms with van der Waals surface area (Å²) in [6.07, 6.45) is 1.69. The van der Waals surface area contributed by atoms with Crippen molar-refractivity contribution in [2.24, 2.45) is 0 Å². The first-order chi connectivity index (χ1) is 9.86. The molecule has 3 aromatic rings. The Morgan fingerprint density at radius 3 is 2.40 bits per heavy atom. The first kappa shape index (κ1) is 12.6. The molecule has 0 radical (unpaired) electrons. The van der Waals surface area contributed by atoms with Crippen molar-refractivity contribution in [2.75, 3.05) is 11.9 Å². The van der Waals surface area contributed by atoms with E-state index in [4.69, 9.17) is 0 Å². The second-order valence-electron chi connectivity index (χ2n) is 4.53. The number of hydrogen-bond acceptors (Lipinski definition) is 4. The molecule has 1 unspecified atom stereocenters. The number of benzene rings is 2. The zero-order chi connectivity index (χ0) is 13.8. The Morgan fingerprint density at radius 2 is 1.65 bits per heavy atom. The highest BCUT2D eigenvalue weighted by Crippen LogP contribution is 2.19. The SMILES string of the molecule is OCC(Nc1cnc2ccccc2n1)c1ccccc1. The Bertz CT molecular complexity index is 700.